The van der Waals surface area contributed by atoms with Crippen molar-refractivity contribution in [2.75, 3.05) is 6.54 Å². The number of halogens is 3. The van der Waals surface area contributed by atoms with Crippen LogP contribution in [0.15, 0.2) is 60.7 Å². The van der Waals surface area contributed by atoms with Crippen molar-refractivity contribution in [2.45, 2.75) is 19.6 Å². The summed E-state index contributed by atoms with van der Waals surface area (Å²) < 4.78 is 6.01. The minimum absolute atomic E-state index is 0.284. The fourth-order valence-corrected chi connectivity index (χ4v) is 3.90. The van der Waals surface area contributed by atoms with Gasteiger partial charge in [-0.05, 0) is 42.5 Å². The first-order chi connectivity index (χ1) is 14.6. The molecule has 0 aliphatic carbocycles. The van der Waals surface area contributed by atoms with E-state index in [4.69, 9.17) is 39.5 Å². The lowest BCUT2D eigenvalue weighted by molar-refractivity contribution is 0.302. The molecule has 1 heterocycles. The Morgan fingerprint density at radius 1 is 0.933 bits per heavy atom. The molecule has 0 bridgehead atoms. The van der Waals surface area contributed by atoms with Crippen LogP contribution in [0.2, 0.25) is 15.1 Å². The van der Waals surface area contributed by atoms with Crippen molar-refractivity contribution in [3.63, 3.8) is 0 Å². The molecule has 7 heteroatoms. The first-order valence-electron chi connectivity index (χ1n) is 9.58. The van der Waals surface area contributed by atoms with Crippen LogP contribution < -0.4 is 10.1 Å². The minimum atomic E-state index is 0.284. The number of aromatic nitrogens is 2. The van der Waals surface area contributed by atoms with Gasteiger partial charge in [-0.25, -0.2) is 4.98 Å². The van der Waals surface area contributed by atoms with Crippen molar-refractivity contribution in [1.82, 2.24) is 15.3 Å². The predicted octanol–water partition coefficient (Wildman–Crippen LogP) is 6.43. The lowest BCUT2D eigenvalue weighted by Crippen LogP contribution is -2.18. The summed E-state index contributed by atoms with van der Waals surface area (Å²) in [5, 5.41) is 5.26. The van der Waals surface area contributed by atoms with E-state index in [0.717, 1.165) is 46.7 Å². The highest BCUT2D eigenvalue weighted by atomic mass is 35.5. The summed E-state index contributed by atoms with van der Waals surface area (Å²) in [4.78, 5) is 7.94. The third-order valence-corrected chi connectivity index (χ3v) is 5.69. The van der Waals surface area contributed by atoms with E-state index in [9.17, 15) is 0 Å². The van der Waals surface area contributed by atoms with Crippen LogP contribution in [0.25, 0.3) is 11.0 Å². The van der Waals surface area contributed by atoms with Crippen molar-refractivity contribution >= 4 is 45.8 Å². The van der Waals surface area contributed by atoms with E-state index in [1.165, 1.54) is 0 Å². The summed E-state index contributed by atoms with van der Waals surface area (Å²) in [6.45, 7) is 1.67. The fourth-order valence-electron chi connectivity index (χ4n) is 3.20. The highest BCUT2D eigenvalue weighted by Crippen LogP contribution is 2.28. The number of rotatable bonds is 8. The van der Waals surface area contributed by atoms with Gasteiger partial charge in [-0.1, -0.05) is 53.0 Å². The van der Waals surface area contributed by atoms with Gasteiger partial charge >= 0.3 is 0 Å². The van der Waals surface area contributed by atoms with Crippen LogP contribution in [0, 0.1) is 0 Å². The van der Waals surface area contributed by atoms with E-state index < -0.39 is 0 Å². The summed E-state index contributed by atoms with van der Waals surface area (Å²) >= 11 is 18.7. The van der Waals surface area contributed by atoms with Crippen LogP contribution in [0.3, 0.4) is 0 Å². The Bertz CT molecular complexity index is 1110. The van der Waals surface area contributed by atoms with Gasteiger partial charge in [0.1, 0.15) is 18.2 Å². The average Bonchev–Trinajstić information content (AvgIpc) is 3.15. The Kier molecular flexibility index (Phi) is 6.80. The zero-order valence-corrected chi connectivity index (χ0v) is 18.4. The molecule has 4 aromatic rings. The molecule has 0 amide bonds. The van der Waals surface area contributed by atoms with E-state index in [1.54, 1.807) is 12.1 Å². The molecule has 0 saturated carbocycles. The number of nitrogens with zero attached hydrogens (tertiary/aromatic N) is 1. The van der Waals surface area contributed by atoms with Crippen molar-refractivity contribution in [3.05, 3.63) is 92.7 Å². The maximum Gasteiger partial charge on any atom is 0.124 e. The summed E-state index contributed by atoms with van der Waals surface area (Å²) in [7, 11) is 0. The van der Waals surface area contributed by atoms with Gasteiger partial charge in [0.15, 0.2) is 0 Å². The Labute approximate surface area is 190 Å². The van der Waals surface area contributed by atoms with Crippen molar-refractivity contribution in [3.8, 4) is 5.75 Å². The lowest BCUT2D eigenvalue weighted by atomic mass is 10.2. The SMILES string of the molecule is Clc1ccc(OCc2c(Cl)cccc2Cl)c(CNCCc2nc3ccccc3[nH]2)c1. The minimum Gasteiger partial charge on any atom is -0.488 e. The van der Waals surface area contributed by atoms with Crippen molar-refractivity contribution < 1.29 is 4.74 Å². The maximum atomic E-state index is 6.24. The third kappa shape index (κ3) is 5.08. The van der Waals surface area contributed by atoms with Gasteiger partial charge in [-0.2, -0.15) is 0 Å². The van der Waals surface area contributed by atoms with Crippen LogP contribution >= 0.6 is 34.8 Å². The molecule has 4 rings (SSSR count). The van der Waals surface area contributed by atoms with Gasteiger partial charge in [0.25, 0.3) is 0 Å². The lowest BCUT2D eigenvalue weighted by Gasteiger charge is -2.14. The zero-order valence-electron chi connectivity index (χ0n) is 16.1. The number of aromatic amines is 1. The van der Waals surface area contributed by atoms with E-state index in [0.29, 0.717) is 21.6 Å². The quantitative estimate of drug-likeness (QED) is 0.298. The smallest absolute Gasteiger partial charge is 0.124 e. The molecule has 0 fully saturated rings. The highest BCUT2D eigenvalue weighted by molar-refractivity contribution is 6.36. The molecule has 2 N–H and O–H groups in total. The Hall–Kier alpha value is -2.24. The number of para-hydroxylation sites is 2. The molecule has 0 spiro atoms. The van der Waals surface area contributed by atoms with Crippen LogP contribution in [0.4, 0.5) is 0 Å². The molecule has 3 aromatic carbocycles. The zero-order chi connectivity index (χ0) is 20.9. The summed E-state index contributed by atoms with van der Waals surface area (Å²) in [5.41, 5.74) is 3.77. The average molecular weight is 461 g/mol. The van der Waals surface area contributed by atoms with Crippen molar-refractivity contribution in [1.29, 1.82) is 0 Å². The van der Waals surface area contributed by atoms with E-state index >= 15 is 0 Å². The summed E-state index contributed by atoms with van der Waals surface area (Å²) in [5.74, 6) is 1.70. The number of H-pyrrole nitrogens is 1. The number of fused-ring (bicyclic) bond motifs is 1. The second-order valence-corrected chi connectivity index (χ2v) is 8.12. The first-order valence-corrected chi connectivity index (χ1v) is 10.7. The molecule has 0 unspecified atom stereocenters. The van der Waals surface area contributed by atoms with Crippen LogP contribution in [-0.4, -0.2) is 16.5 Å². The summed E-state index contributed by atoms with van der Waals surface area (Å²) in [6.07, 6.45) is 0.792. The van der Waals surface area contributed by atoms with Gasteiger partial charge in [-0.3, -0.25) is 0 Å². The van der Waals surface area contributed by atoms with E-state index in [2.05, 4.69) is 15.3 Å². The molecule has 1 aromatic heterocycles. The standard InChI is InChI=1S/C23H20Cl3N3O/c24-16-8-9-22(30-14-17-18(25)4-3-5-19(17)26)15(12-16)13-27-11-10-23-28-20-6-1-2-7-21(20)29-23/h1-9,12,27H,10-11,13-14H2,(H,28,29). The molecule has 0 saturated heterocycles. The molecular weight excluding hydrogens is 441 g/mol. The Morgan fingerprint density at radius 2 is 1.73 bits per heavy atom. The normalized spacial score (nSPS) is 11.2. The van der Waals surface area contributed by atoms with Crippen molar-refractivity contribution in [2.24, 2.45) is 0 Å². The molecule has 30 heavy (non-hydrogen) atoms. The van der Waals surface area contributed by atoms with Gasteiger partial charge in [0.05, 0.1) is 11.0 Å². The molecular formula is C23H20Cl3N3O. The number of nitrogens with one attached hydrogen (secondary N) is 2. The number of hydrogen-bond acceptors (Lipinski definition) is 3. The molecule has 0 radical (unpaired) electrons. The van der Waals surface area contributed by atoms with Gasteiger partial charge in [0.2, 0.25) is 0 Å². The number of hydrogen-bond donors (Lipinski definition) is 2. The number of imidazole rings is 1. The van der Waals surface area contributed by atoms with Gasteiger partial charge in [0, 0.05) is 45.7 Å². The predicted molar refractivity (Wildman–Crippen MR) is 124 cm³/mol. The molecule has 154 valence electrons. The monoisotopic (exact) mass is 459 g/mol. The van der Waals surface area contributed by atoms with Gasteiger partial charge in [-0.15, -0.1) is 0 Å². The molecule has 0 atom stereocenters. The largest absolute Gasteiger partial charge is 0.488 e. The first kappa shape index (κ1) is 21.0. The van der Waals surface area contributed by atoms with Crippen LogP contribution in [0.5, 0.6) is 5.75 Å². The van der Waals surface area contributed by atoms with Crippen LogP contribution in [0.1, 0.15) is 17.0 Å². The second kappa shape index (κ2) is 9.71. The van der Waals surface area contributed by atoms with E-state index in [1.807, 2.05) is 48.5 Å². The second-order valence-electron chi connectivity index (χ2n) is 6.87. The topological polar surface area (TPSA) is 49.9 Å². The Balaban J connectivity index is 1.37. The summed E-state index contributed by atoms with van der Waals surface area (Å²) in [6, 6.07) is 19.0. The van der Waals surface area contributed by atoms with E-state index in [-0.39, 0.29) is 6.61 Å². The third-order valence-electron chi connectivity index (χ3n) is 4.75. The maximum absolute atomic E-state index is 6.24. The molecule has 0 aliphatic rings. The number of ether oxygens (including phenoxy) is 1. The number of benzene rings is 3. The van der Waals surface area contributed by atoms with Crippen LogP contribution in [-0.2, 0) is 19.6 Å². The molecule has 0 aliphatic heterocycles. The fraction of sp³-hybridized carbons (Fsp3) is 0.174. The Morgan fingerprint density at radius 3 is 2.53 bits per heavy atom. The van der Waals surface area contributed by atoms with Gasteiger partial charge < -0.3 is 15.0 Å². The highest BCUT2D eigenvalue weighted by Gasteiger charge is 2.10. The molecule has 4 nitrogen and oxygen atoms in total.